The first-order valence-electron chi connectivity index (χ1n) is 10.1. The number of rotatable bonds is 13. The van der Waals surface area contributed by atoms with Gasteiger partial charge in [-0.05, 0) is 38.5 Å². The maximum absolute atomic E-state index is 11.2. The van der Waals surface area contributed by atoms with Gasteiger partial charge in [-0.1, -0.05) is 40.5 Å². The quantitative estimate of drug-likeness (QED) is 0.336. The minimum Gasteiger partial charge on any atom is -0.504 e. The van der Waals surface area contributed by atoms with E-state index in [4.69, 9.17) is 14.2 Å². The first-order chi connectivity index (χ1) is 13.0. The molecule has 6 nitrogen and oxygen atoms in total. The Labute approximate surface area is 162 Å². The Morgan fingerprint density at radius 2 is 1.26 bits per heavy atom. The van der Waals surface area contributed by atoms with Crippen LogP contribution in [-0.2, 0) is 12.8 Å². The third kappa shape index (κ3) is 6.52. The summed E-state index contributed by atoms with van der Waals surface area (Å²) in [6, 6.07) is 0. The lowest BCUT2D eigenvalue weighted by Gasteiger charge is -2.23. The van der Waals surface area contributed by atoms with Crippen molar-refractivity contribution in [3.8, 4) is 23.0 Å². The average molecular weight is 382 g/mol. The predicted molar refractivity (Wildman–Crippen MR) is 106 cm³/mol. The number of phenolic OH excluding ortho intramolecular Hbond substituents is 1. The van der Waals surface area contributed by atoms with E-state index in [0.717, 1.165) is 38.5 Å². The molecule has 0 radical (unpaired) electrons. The summed E-state index contributed by atoms with van der Waals surface area (Å²) in [4.78, 5) is 11.2. The van der Waals surface area contributed by atoms with Gasteiger partial charge in [0.1, 0.15) is 0 Å². The largest absolute Gasteiger partial charge is 0.511 e. The number of hydrogen-bond donors (Lipinski definition) is 2. The summed E-state index contributed by atoms with van der Waals surface area (Å²) in [5.74, 6) is 0.878. The minimum absolute atomic E-state index is 0.0167. The topological polar surface area (TPSA) is 85.2 Å². The van der Waals surface area contributed by atoms with E-state index >= 15 is 0 Å². The van der Waals surface area contributed by atoms with Gasteiger partial charge in [-0.15, -0.1) is 0 Å². The van der Waals surface area contributed by atoms with E-state index in [1.807, 2.05) is 20.8 Å². The van der Waals surface area contributed by atoms with E-state index in [0.29, 0.717) is 48.7 Å². The highest BCUT2D eigenvalue weighted by Gasteiger charge is 2.28. The van der Waals surface area contributed by atoms with Crippen molar-refractivity contribution < 1.29 is 29.2 Å². The normalized spacial score (nSPS) is 10.7. The average Bonchev–Trinajstić information content (AvgIpc) is 2.64. The van der Waals surface area contributed by atoms with Crippen molar-refractivity contribution in [1.29, 1.82) is 0 Å². The molecule has 0 bridgehead atoms. The number of ether oxygens (including phenoxy) is 3. The first-order valence-corrected chi connectivity index (χ1v) is 10.1. The van der Waals surface area contributed by atoms with Crippen molar-refractivity contribution in [2.45, 2.75) is 79.1 Å². The molecule has 6 heteroatoms. The van der Waals surface area contributed by atoms with Crippen molar-refractivity contribution in [3.05, 3.63) is 11.1 Å². The molecule has 0 saturated carbocycles. The monoisotopic (exact) mass is 382 g/mol. The third-order valence-electron chi connectivity index (χ3n) is 4.18. The molecule has 0 aliphatic heterocycles. The van der Waals surface area contributed by atoms with Crippen LogP contribution in [0.3, 0.4) is 0 Å². The molecule has 0 amide bonds. The van der Waals surface area contributed by atoms with E-state index in [-0.39, 0.29) is 11.5 Å². The van der Waals surface area contributed by atoms with Crippen molar-refractivity contribution in [3.63, 3.8) is 0 Å². The molecule has 0 spiro atoms. The van der Waals surface area contributed by atoms with E-state index in [1.165, 1.54) is 0 Å². The zero-order valence-electron chi connectivity index (χ0n) is 17.1. The third-order valence-corrected chi connectivity index (χ3v) is 4.18. The van der Waals surface area contributed by atoms with Gasteiger partial charge in [0, 0.05) is 11.1 Å². The van der Waals surface area contributed by atoms with Crippen LogP contribution in [0.25, 0.3) is 0 Å². The number of benzene rings is 1. The second-order valence-electron chi connectivity index (χ2n) is 6.57. The molecule has 0 saturated heterocycles. The van der Waals surface area contributed by atoms with Crippen molar-refractivity contribution in [2.24, 2.45) is 0 Å². The molecule has 0 aromatic heterocycles. The van der Waals surface area contributed by atoms with Crippen molar-refractivity contribution in [1.82, 2.24) is 0 Å². The van der Waals surface area contributed by atoms with Gasteiger partial charge >= 0.3 is 6.16 Å². The fourth-order valence-electron chi connectivity index (χ4n) is 2.84. The zero-order valence-corrected chi connectivity index (χ0v) is 17.1. The number of carbonyl (C=O) groups is 1. The van der Waals surface area contributed by atoms with Crippen LogP contribution in [0, 0.1) is 0 Å². The Balaban J connectivity index is 3.65. The maximum Gasteiger partial charge on any atom is 0.511 e. The van der Waals surface area contributed by atoms with Crippen LogP contribution < -0.4 is 14.2 Å². The molecule has 0 aliphatic rings. The summed E-state index contributed by atoms with van der Waals surface area (Å²) in [7, 11) is 0. The molecule has 0 atom stereocenters. The fourth-order valence-corrected chi connectivity index (χ4v) is 2.84. The molecule has 0 aliphatic carbocycles. The van der Waals surface area contributed by atoms with Crippen LogP contribution in [0.15, 0.2) is 0 Å². The molecule has 1 aromatic carbocycles. The molecule has 2 N–H and O–H groups in total. The smallest absolute Gasteiger partial charge is 0.504 e. The lowest BCUT2D eigenvalue weighted by Crippen LogP contribution is -2.12. The van der Waals surface area contributed by atoms with E-state index in [1.54, 1.807) is 0 Å². The molecule has 27 heavy (non-hydrogen) atoms. The number of hydrogen-bond acceptors (Lipinski definition) is 5. The summed E-state index contributed by atoms with van der Waals surface area (Å²) in [5.41, 5.74) is 1.13. The summed E-state index contributed by atoms with van der Waals surface area (Å²) < 4.78 is 17.0. The molecule has 0 heterocycles. The van der Waals surface area contributed by atoms with Crippen LogP contribution in [0.1, 0.15) is 77.3 Å². The Bertz CT molecular complexity index is 597. The molecular formula is C21H34O6. The van der Waals surface area contributed by atoms with E-state index in [2.05, 4.69) is 6.92 Å². The number of phenols is 1. The maximum atomic E-state index is 11.2. The van der Waals surface area contributed by atoms with Crippen LogP contribution in [0.5, 0.6) is 23.0 Å². The summed E-state index contributed by atoms with van der Waals surface area (Å²) in [6.45, 7) is 9.10. The van der Waals surface area contributed by atoms with Crippen molar-refractivity contribution in [2.75, 3.05) is 13.2 Å². The first kappa shape index (κ1) is 22.9. The number of aromatic hydroxyl groups is 1. The summed E-state index contributed by atoms with van der Waals surface area (Å²) in [5, 5.41) is 20.0. The summed E-state index contributed by atoms with van der Waals surface area (Å²) >= 11 is 0. The predicted octanol–water partition coefficient (Wildman–Crippen LogP) is 5.71. The van der Waals surface area contributed by atoms with Gasteiger partial charge in [-0.3, -0.25) is 0 Å². The Hall–Kier alpha value is -2.11. The van der Waals surface area contributed by atoms with Gasteiger partial charge < -0.3 is 24.4 Å². The van der Waals surface area contributed by atoms with Crippen LogP contribution in [-0.4, -0.2) is 29.6 Å². The van der Waals surface area contributed by atoms with Crippen molar-refractivity contribution >= 4 is 6.16 Å². The second-order valence-corrected chi connectivity index (χ2v) is 6.57. The van der Waals surface area contributed by atoms with Gasteiger partial charge in [-0.25, -0.2) is 4.79 Å². The van der Waals surface area contributed by atoms with Gasteiger partial charge in [0.25, 0.3) is 0 Å². The van der Waals surface area contributed by atoms with Gasteiger partial charge in [0.2, 0.25) is 0 Å². The summed E-state index contributed by atoms with van der Waals surface area (Å²) in [6.07, 6.45) is 4.79. The highest BCUT2D eigenvalue weighted by molar-refractivity contribution is 5.71. The molecule has 0 unspecified atom stereocenters. The molecular weight excluding hydrogens is 348 g/mol. The molecule has 1 rings (SSSR count). The fraction of sp³-hybridized carbons (Fsp3) is 0.667. The van der Waals surface area contributed by atoms with E-state index < -0.39 is 6.16 Å². The Kier molecular flexibility index (Phi) is 10.5. The number of carboxylic acid groups (broad SMARTS) is 1. The van der Waals surface area contributed by atoms with Crippen LogP contribution in [0.4, 0.5) is 4.79 Å². The standard InChI is InChI=1S/C21H34O6/c1-5-9-11-15-17(22)18(27-21(23)24)16(12-10-6-2)20(26-14-8-4)19(15)25-13-7-3/h22H,5-14H2,1-4H3,(H,23,24). The Morgan fingerprint density at radius 3 is 1.70 bits per heavy atom. The van der Waals surface area contributed by atoms with Gasteiger partial charge in [0.05, 0.1) is 13.2 Å². The molecule has 0 fully saturated rings. The van der Waals surface area contributed by atoms with E-state index in [9.17, 15) is 15.0 Å². The molecule has 154 valence electrons. The van der Waals surface area contributed by atoms with Gasteiger partial charge in [-0.2, -0.15) is 0 Å². The Morgan fingerprint density at radius 1 is 0.778 bits per heavy atom. The van der Waals surface area contributed by atoms with Crippen LogP contribution in [0.2, 0.25) is 0 Å². The lowest BCUT2D eigenvalue weighted by atomic mass is 9.97. The zero-order chi connectivity index (χ0) is 20.2. The second kappa shape index (κ2) is 12.3. The highest BCUT2D eigenvalue weighted by Crippen LogP contribution is 2.49. The van der Waals surface area contributed by atoms with Gasteiger partial charge in [0.15, 0.2) is 23.0 Å². The lowest BCUT2D eigenvalue weighted by molar-refractivity contribution is 0.141. The number of unbranched alkanes of at least 4 members (excludes halogenated alkanes) is 2. The van der Waals surface area contributed by atoms with Crippen LogP contribution >= 0.6 is 0 Å². The highest BCUT2D eigenvalue weighted by atomic mass is 16.7. The minimum atomic E-state index is -1.45. The molecule has 1 aromatic rings. The SMILES string of the molecule is CCCCc1c(O)c(OC(=O)O)c(CCCC)c(OCCC)c1OCCC.